The molecule has 0 aliphatic carbocycles. The quantitative estimate of drug-likeness (QED) is 0.922. The Labute approximate surface area is 122 Å². The second-order valence-electron chi connectivity index (χ2n) is 4.89. The van der Waals surface area contributed by atoms with Crippen LogP contribution < -0.4 is 5.73 Å². The molecule has 19 heavy (non-hydrogen) atoms. The van der Waals surface area contributed by atoms with E-state index < -0.39 is 0 Å². The van der Waals surface area contributed by atoms with Gasteiger partial charge in [0.05, 0.1) is 6.10 Å². The first-order valence-electron chi connectivity index (χ1n) is 6.57. The van der Waals surface area contributed by atoms with Gasteiger partial charge in [0.25, 0.3) is 0 Å². The van der Waals surface area contributed by atoms with E-state index >= 15 is 0 Å². The first-order valence-corrected chi connectivity index (χ1v) is 7.37. The van der Waals surface area contributed by atoms with E-state index in [0.717, 1.165) is 36.0 Å². The molecule has 1 heterocycles. The zero-order chi connectivity index (χ0) is 13.8. The van der Waals surface area contributed by atoms with Crippen molar-refractivity contribution in [2.24, 2.45) is 5.73 Å². The van der Waals surface area contributed by atoms with Crippen molar-refractivity contribution in [1.82, 2.24) is 4.90 Å². The summed E-state index contributed by atoms with van der Waals surface area (Å²) in [4.78, 5) is 2.35. The standard InChI is InChI=1S/C14H20BrFN2O/c1-19-11-4-6-18(7-5-11)14(9-17)12-3-2-10(16)8-13(12)15/h2-3,8,11,14H,4-7,9,17H2,1H3. The highest BCUT2D eigenvalue weighted by Gasteiger charge is 2.26. The lowest BCUT2D eigenvalue weighted by Gasteiger charge is -2.37. The van der Waals surface area contributed by atoms with Gasteiger partial charge in [-0.2, -0.15) is 0 Å². The number of benzene rings is 1. The van der Waals surface area contributed by atoms with Crippen molar-refractivity contribution in [1.29, 1.82) is 0 Å². The fourth-order valence-corrected chi connectivity index (χ4v) is 3.28. The van der Waals surface area contributed by atoms with Crippen LogP contribution in [-0.4, -0.2) is 37.7 Å². The number of nitrogens with two attached hydrogens (primary N) is 1. The number of rotatable bonds is 4. The number of piperidine rings is 1. The fourth-order valence-electron chi connectivity index (χ4n) is 2.67. The third-order valence-electron chi connectivity index (χ3n) is 3.80. The monoisotopic (exact) mass is 330 g/mol. The summed E-state index contributed by atoms with van der Waals surface area (Å²) in [6.07, 6.45) is 2.39. The van der Waals surface area contributed by atoms with E-state index in [2.05, 4.69) is 20.8 Å². The summed E-state index contributed by atoms with van der Waals surface area (Å²) in [6, 6.07) is 4.94. The maximum atomic E-state index is 13.2. The number of hydrogen-bond donors (Lipinski definition) is 1. The van der Waals surface area contributed by atoms with E-state index in [1.807, 2.05) is 6.07 Å². The Kier molecular flexibility index (Phi) is 5.33. The van der Waals surface area contributed by atoms with E-state index in [1.54, 1.807) is 7.11 Å². The Hall–Kier alpha value is -0.490. The summed E-state index contributed by atoms with van der Waals surface area (Å²) >= 11 is 3.43. The molecule has 0 spiro atoms. The summed E-state index contributed by atoms with van der Waals surface area (Å²) in [7, 11) is 1.76. The minimum atomic E-state index is -0.232. The third kappa shape index (κ3) is 3.54. The summed E-state index contributed by atoms with van der Waals surface area (Å²) in [5.41, 5.74) is 6.98. The van der Waals surface area contributed by atoms with Gasteiger partial charge in [0.1, 0.15) is 5.82 Å². The van der Waals surface area contributed by atoms with Gasteiger partial charge in [0.2, 0.25) is 0 Å². The number of nitrogens with zero attached hydrogens (tertiary/aromatic N) is 1. The maximum absolute atomic E-state index is 13.2. The van der Waals surface area contributed by atoms with Crippen molar-refractivity contribution in [2.45, 2.75) is 25.0 Å². The predicted octanol–water partition coefficient (Wildman–Crippen LogP) is 2.70. The van der Waals surface area contributed by atoms with Crippen molar-refractivity contribution in [3.05, 3.63) is 34.1 Å². The third-order valence-corrected chi connectivity index (χ3v) is 4.48. The van der Waals surface area contributed by atoms with Crippen LogP contribution in [0.1, 0.15) is 24.4 Å². The van der Waals surface area contributed by atoms with Gasteiger partial charge >= 0.3 is 0 Å². The van der Waals surface area contributed by atoms with Gasteiger partial charge in [-0.1, -0.05) is 22.0 Å². The van der Waals surface area contributed by atoms with Crippen LogP contribution in [0.3, 0.4) is 0 Å². The molecule has 1 saturated heterocycles. The molecule has 1 fully saturated rings. The van der Waals surface area contributed by atoms with Crippen LogP contribution in [-0.2, 0) is 4.74 Å². The highest BCUT2D eigenvalue weighted by molar-refractivity contribution is 9.10. The molecule has 3 nitrogen and oxygen atoms in total. The van der Waals surface area contributed by atoms with Gasteiger partial charge in [0.15, 0.2) is 0 Å². The number of likely N-dealkylation sites (tertiary alicyclic amines) is 1. The fraction of sp³-hybridized carbons (Fsp3) is 0.571. The van der Waals surface area contributed by atoms with Crippen LogP contribution in [0.25, 0.3) is 0 Å². The summed E-state index contributed by atoms with van der Waals surface area (Å²) in [5, 5.41) is 0. The molecule has 2 N–H and O–H groups in total. The molecule has 5 heteroatoms. The largest absolute Gasteiger partial charge is 0.381 e. The molecule has 1 aliphatic rings. The van der Waals surface area contributed by atoms with Gasteiger partial charge in [-0.15, -0.1) is 0 Å². The van der Waals surface area contributed by atoms with E-state index in [-0.39, 0.29) is 11.9 Å². The molecule has 0 aromatic heterocycles. The van der Waals surface area contributed by atoms with Crippen molar-refractivity contribution >= 4 is 15.9 Å². The lowest BCUT2D eigenvalue weighted by molar-refractivity contribution is 0.0279. The normalized spacial score (nSPS) is 19.6. The molecule has 1 unspecified atom stereocenters. The lowest BCUT2D eigenvalue weighted by Crippen LogP contribution is -2.41. The molecule has 0 amide bonds. The van der Waals surface area contributed by atoms with Crippen LogP contribution in [0.4, 0.5) is 4.39 Å². The second kappa shape index (κ2) is 6.79. The Morgan fingerprint density at radius 1 is 1.47 bits per heavy atom. The first-order chi connectivity index (χ1) is 9.15. The SMILES string of the molecule is COC1CCN(C(CN)c2ccc(F)cc2Br)CC1. The zero-order valence-corrected chi connectivity index (χ0v) is 12.7. The average Bonchev–Trinajstić information content (AvgIpc) is 2.42. The Morgan fingerprint density at radius 3 is 2.68 bits per heavy atom. The highest BCUT2D eigenvalue weighted by atomic mass is 79.9. The molecule has 1 aromatic carbocycles. The van der Waals surface area contributed by atoms with Crippen molar-refractivity contribution in [2.75, 3.05) is 26.7 Å². The molecule has 2 rings (SSSR count). The van der Waals surface area contributed by atoms with Gasteiger partial charge in [-0.3, -0.25) is 4.90 Å². The van der Waals surface area contributed by atoms with Gasteiger partial charge in [-0.05, 0) is 30.5 Å². The van der Waals surface area contributed by atoms with Crippen molar-refractivity contribution in [3.8, 4) is 0 Å². The van der Waals surface area contributed by atoms with Crippen molar-refractivity contribution < 1.29 is 9.13 Å². The molecule has 1 aliphatic heterocycles. The number of methoxy groups -OCH3 is 1. The average molecular weight is 331 g/mol. The van der Waals surface area contributed by atoms with Gasteiger partial charge in [-0.25, -0.2) is 4.39 Å². The molecule has 1 atom stereocenters. The van der Waals surface area contributed by atoms with Crippen LogP contribution in [0.2, 0.25) is 0 Å². The van der Waals surface area contributed by atoms with Gasteiger partial charge in [0, 0.05) is 37.3 Å². The molecular formula is C14H20BrFN2O. The number of halogens is 2. The Balaban J connectivity index is 2.12. The number of ether oxygens (including phenoxy) is 1. The van der Waals surface area contributed by atoms with Crippen LogP contribution in [0.5, 0.6) is 0 Å². The second-order valence-corrected chi connectivity index (χ2v) is 5.74. The van der Waals surface area contributed by atoms with Gasteiger partial charge < -0.3 is 10.5 Å². The highest BCUT2D eigenvalue weighted by Crippen LogP contribution is 2.30. The zero-order valence-electron chi connectivity index (χ0n) is 11.1. The van der Waals surface area contributed by atoms with E-state index in [4.69, 9.17) is 10.5 Å². The van der Waals surface area contributed by atoms with E-state index in [1.165, 1.54) is 12.1 Å². The summed E-state index contributed by atoms with van der Waals surface area (Å²) < 4.78 is 19.3. The molecule has 0 bridgehead atoms. The smallest absolute Gasteiger partial charge is 0.124 e. The van der Waals surface area contributed by atoms with Crippen LogP contribution >= 0.6 is 15.9 Å². The first kappa shape index (κ1) is 14.9. The van der Waals surface area contributed by atoms with Crippen molar-refractivity contribution in [3.63, 3.8) is 0 Å². The Morgan fingerprint density at radius 2 is 2.16 bits per heavy atom. The van der Waals surface area contributed by atoms with Crippen LogP contribution in [0.15, 0.2) is 22.7 Å². The minimum Gasteiger partial charge on any atom is -0.381 e. The maximum Gasteiger partial charge on any atom is 0.124 e. The molecule has 1 aromatic rings. The molecular weight excluding hydrogens is 311 g/mol. The summed E-state index contributed by atoms with van der Waals surface area (Å²) in [6.45, 7) is 2.45. The minimum absolute atomic E-state index is 0.132. The summed E-state index contributed by atoms with van der Waals surface area (Å²) in [5.74, 6) is -0.232. The topological polar surface area (TPSA) is 38.5 Å². The van der Waals surface area contributed by atoms with E-state index in [9.17, 15) is 4.39 Å². The predicted molar refractivity (Wildman–Crippen MR) is 77.5 cm³/mol. The molecule has 0 saturated carbocycles. The van der Waals surface area contributed by atoms with E-state index in [0.29, 0.717) is 12.6 Å². The number of hydrogen-bond acceptors (Lipinski definition) is 3. The lowest BCUT2D eigenvalue weighted by atomic mass is 10.0. The molecule has 0 radical (unpaired) electrons. The van der Waals surface area contributed by atoms with Crippen LogP contribution in [0, 0.1) is 5.82 Å². The Bertz CT molecular complexity index is 422. The molecule has 106 valence electrons.